The van der Waals surface area contributed by atoms with Gasteiger partial charge >= 0.3 is 5.97 Å². The molecule has 3 rings (SSSR count). The quantitative estimate of drug-likeness (QED) is 0.638. The van der Waals surface area contributed by atoms with Crippen molar-refractivity contribution >= 4 is 17.3 Å². The summed E-state index contributed by atoms with van der Waals surface area (Å²) in [6.45, 7) is 1.97. The van der Waals surface area contributed by atoms with Gasteiger partial charge in [-0.3, -0.25) is 4.79 Å². The molecule has 1 aromatic heterocycles. The van der Waals surface area contributed by atoms with E-state index in [1.54, 1.807) is 20.4 Å². The number of benzene rings is 2. The average molecular weight is 383 g/mol. The molecule has 0 bridgehead atoms. The Bertz CT molecular complexity index is 929. The summed E-state index contributed by atoms with van der Waals surface area (Å²) in [6.07, 6.45) is 1.77. The van der Waals surface area contributed by atoms with E-state index >= 15 is 0 Å². The van der Waals surface area contributed by atoms with Crippen LogP contribution >= 0.6 is 11.3 Å². The molecule has 0 saturated carbocycles. The van der Waals surface area contributed by atoms with Gasteiger partial charge in [-0.05, 0) is 30.2 Å². The Balaban J connectivity index is 2.10. The first-order valence-electron chi connectivity index (χ1n) is 8.49. The van der Waals surface area contributed by atoms with E-state index in [0.29, 0.717) is 11.5 Å². The summed E-state index contributed by atoms with van der Waals surface area (Å²) in [5.74, 6) is 0.243. The van der Waals surface area contributed by atoms with Crippen molar-refractivity contribution in [2.45, 2.75) is 19.3 Å². The van der Waals surface area contributed by atoms with Gasteiger partial charge in [0.2, 0.25) is 0 Å². The molecule has 0 aliphatic carbocycles. The molecule has 0 amide bonds. The van der Waals surface area contributed by atoms with Crippen LogP contribution in [-0.2, 0) is 4.79 Å². The van der Waals surface area contributed by atoms with Gasteiger partial charge in [0.05, 0.1) is 26.2 Å². The predicted octanol–water partition coefficient (Wildman–Crippen LogP) is 4.74. The zero-order chi connectivity index (χ0) is 19.4. The Kier molecular flexibility index (Phi) is 5.76. The predicted molar refractivity (Wildman–Crippen MR) is 106 cm³/mol. The highest BCUT2D eigenvalue weighted by Crippen LogP contribution is 2.40. The van der Waals surface area contributed by atoms with Gasteiger partial charge in [0, 0.05) is 17.0 Å². The molecule has 0 spiro atoms. The second kappa shape index (κ2) is 8.22. The molecule has 1 unspecified atom stereocenters. The van der Waals surface area contributed by atoms with E-state index in [1.165, 1.54) is 11.3 Å². The fourth-order valence-electron chi connectivity index (χ4n) is 3.10. The topological polar surface area (TPSA) is 68.7 Å². The van der Waals surface area contributed by atoms with E-state index in [2.05, 4.69) is 4.98 Å². The maximum absolute atomic E-state index is 11.5. The molecule has 5 nitrogen and oxygen atoms in total. The number of thiazole rings is 1. The number of carbonyl (C=O) groups is 1. The Hall–Kier alpha value is -2.86. The summed E-state index contributed by atoms with van der Waals surface area (Å²) in [5, 5.41) is 10.2. The van der Waals surface area contributed by atoms with Crippen molar-refractivity contribution in [1.29, 1.82) is 0 Å². The maximum Gasteiger partial charge on any atom is 0.304 e. The Labute approximate surface area is 162 Å². The highest BCUT2D eigenvalue weighted by molar-refractivity contribution is 7.11. The van der Waals surface area contributed by atoms with Crippen LogP contribution in [0.4, 0.5) is 0 Å². The summed E-state index contributed by atoms with van der Waals surface area (Å²) in [4.78, 5) is 16.9. The number of rotatable bonds is 7. The second-order valence-electron chi connectivity index (χ2n) is 6.12. The highest BCUT2D eigenvalue weighted by Gasteiger charge is 2.22. The van der Waals surface area contributed by atoms with Crippen LogP contribution in [0.3, 0.4) is 0 Å². The summed E-state index contributed by atoms with van der Waals surface area (Å²) >= 11 is 1.53. The van der Waals surface area contributed by atoms with Crippen LogP contribution in [0.15, 0.2) is 48.7 Å². The lowest BCUT2D eigenvalue weighted by atomic mass is 9.92. The highest BCUT2D eigenvalue weighted by atomic mass is 32.1. The molecule has 3 aromatic rings. The van der Waals surface area contributed by atoms with E-state index in [4.69, 9.17) is 9.47 Å². The summed E-state index contributed by atoms with van der Waals surface area (Å²) < 4.78 is 11.0. The van der Waals surface area contributed by atoms with Gasteiger partial charge in [-0.2, -0.15) is 0 Å². The van der Waals surface area contributed by atoms with Crippen molar-refractivity contribution in [2.24, 2.45) is 0 Å². The largest absolute Gasteiger partial charge is 0.496 e. The van der Waals surface area contributed by atoms with Gasteiger partial charge in [0.25, 0.3) is 0 Å². The zero-order valence-corrected chi connectivity index (χ0v) is 16.2. The smallest absolute Gasteiger partial charge is 0.304 e. The van der Waals surface area contributed by atoms with Crippen molar-refractivity contribution in [2.75, 3.05) is 14.2 Å². The average Bonchev–Trinajstić information content (AvgIpc) is 3.11. The summed E-state index contributed by atoms with van der Waals surface area (Å²) in [6, 6.07) is 13.4. The van der Waals surface area contributed by atoms with E-state index in [-0.39, 0.29) is 12.3 Å². The Morgan fingerprint density at radius 1 is 1.15 bits per heavy atom. The maximum atomic E-state index is 11.5. The molecular formula is C21H21NO4S. The number of methoxy groups -OCH3 is 2. The zero-order valence-electron chi connectivity index (χ0n) is 15.4. The fourth-order valence-corrected chi connectivity index (χ4v) is 4.00. The number of carboxylic acids is 1. The van der Waals surface area contributed by atoms with Crippen LogP contribution in [0.2, 0.25) is 0 Å². The summed E-state index contributed by atoms with van der Waals surface area (Å²) in [7, 11) is 3.24. The third-order valence-corrected chi connectivity index (χ3v) is 5.35. The van der Waals surface area contributed by atoms with Crippen molar-refractivity contribution in [3.63, 3.8) is 0 Å². The van der Waals surface area contributed by atoms with Crippen LogP contribution in [0, 0.1) is 6.92 Å². The number of aliphatic carboxylic acids is 1. The third kappa shape index (κ3) is 4.11. The molecule has 140 valence electrons. The monoisotopic (exact) mass is 383 g/mol. The van der Waals surface area contributed by atoms with Crippen LogP contribution in [0.1, 0.15) is 27.8 Å². The minimum Gasteiger partial charge on any atom is -0.496 e. The van der Waals surface area contributed by atoms with Crippen molar-refractivity contribution in [3.8, 4) is 22.6 Å². The first kappa shape index (κ1) is 18.9. The van der Waals surface area contributed by atoms with Gasteiger partial charge in [0.1, 0.15) is 16.5 Å². The molecule has 0 fully saturated rings. The number of nitrogens with zero attached hydrogens (tertiary/aromatic N) is 1. The van der Waals surface area contributed by atoms with E-state index in [0.717, 1.165) is 26.6 Å². The minimum atomic E-state index is -0.854. The molecule has 6 heteroatoms. The number of carboxylic acid groups (broad SMARTS) is 1. The lowest BCUT2D eigenvalue weighted by molar-refractivity contribution is -0.137. The minimum absolute atomic E-state index is 0.0144. The second-order valence-corrected chi connectivity index (χ2v) is 7.39. The van der Waals surface area contributed by atoms with Gasteiger partial charge in [0.15, 0.2) is 0 Å². The SMILES string of the molecule is COc1cccc(OC)c1-c1cccc(C(CC(=O)O)c2ncc(C)s2)c1. The fraction of sp³-hybridized carbons (Fsp3) is 0.238. The molecule has 0 aliphatic rings. The van der Waals surface area contributed by atoms with Crippen molar-refractivity contribution in [3.05, 3.63) is 64.1 Å². The van der Waals surface area contributed by atoms with Gasteiger partial charge in [-0.15, -0.1) is 11.3 Å². The first-order chi connectivity index (χ1) is 13.0. The van der Waals surface area contributed by atoms with Crippen LogP contribution in [0.5, 0.6) is 11.5 Å². The third-order valence-electron chi connectivity index (χ3n) is 4.32. The number of aromatic nitrogens is 1. The molecule has 0 saturated heterocycles. The van der Waals surface area contributed by atoms with E-state index in [9.17, 15) is 9.90 Å². The first-order valence-corrected chi connectivity index (χ1v) is 9.30. The lowest BCUT2D eigenvalue weighted by Crippen LogP contribution is -2.08. The molecule has 1 heterocycles. The number of aryl methyl sites for hydroxylation is 1. The number of hydrogen-bond acceptors (Lipinski definition) is 5. The normalized spacial score (nSPS) is 11.8. The van der Waals surface area contributed by atoms with Gasteiger partial charge in [-0.1, -0.05) is 30.3 Å². The van der Waals surface area contributed by atoms with Gasteiger partial charge in [-0.25, -0.2) is 4.98 Å². The van der Waals surface area contributed by atoms with E-state index < -0.39 is 5.97 Å². The van der Waals surface area contributed by atoms with Crippen LogP contribution in [0.25, 0.3) is 11.1 Å². The van der Waals surface area contributed by atoms with Crippen molar-refractivity contribution in [1.82, 2.24) is 4.98 Å². The molecule has 1 atom stereocenters. The molecule has 2 aromatic carbocycles. The van der Waals surface area contributed by atoms with E-state index in [1.807, 2.05) is 49.4 Å². The summed E-state index contributed by atoms with van der Waals surface area (Å²) in [5.41, 5.74) is 2.65. The molecule has 1 N–H and O–H groups in total. The molecular weight excluding hydrogens is 362 g/mol. The van der Waals surface area contributed by atoms with Gasteiger partial charge < -0.3 is 14.6 Å². The Morgan fingerprint density at radius 2 is 1.81 bits per heavy atom. The standard InChI is InChI=1S/C21H21NO4S/c1-13-12-22-21(27-13)16(11-19(23)24)14-6-4-7-15(10-14)20-17(25-2)8-5-9-18(20)26-3/h4-10,12,16H,11H2,1-3H3,(H,23,24). The molecule has 27 heavy (non-hydrogen) atoms. The van der Waals surface area contributed by atoms with Crippen molar-refractivity contribution < 1.29 is 19.4 Å². The number of hydrogen-bond donors (Lipinski definition) is 1. The molecule has 0 radical (unpaired) electrons. The Morgan fingerprint density at radius 3 is 2.37 bits per heavy atom. The molecule has 0 aliphatic heterocycles. The van der Waals surface area contributed by atoms with Crippen LogP contribution in [-0.4, -0.2) is 30.3 Å². The lowest BCUT2D eigenvalue weighted by Gasteiger charge is -2.17. The number of ether oxygens (including phenoxy) is 2. The van der Waals surface area contributed by atoms with Crippen LogP contribution < -0.4 is 9.47 Å².